The number of carbonyl (C=O) groups excluding carboxylic acids is 1. The molecule has 0 saturated heterocycles. The number of amides is 1. The number of aromatic nitrogens is 3. The molecule has 0 bridgehead atoms. The van der Waals surface area contributed by atoms with E-state index in [1.807, 2.05) is 12.1 Å². The molecule has 1 saturated carbocycles. The zero-order chi connectivity index (χ0) is 20.0. The summed E-state index contributed by atoms with van der Waals surface area (Å²) in [5.41, 5.74) is 2.07. The fraction of sp³-hybridized carbons (Fsp3) is 0.286. The van der Waals surface area contributed by atoms with Gasteiger partial charge in [0.05, 0.1) is 11.4 Å². The van der Waals surface area contributed by atoms with Crippen LogP contribution < -0.4 is 14.8 Å². The summed E-state index contributed by atoms with van der Waals surface area (Å²) in [6.45, 7) is 1.74. The van der Waals surface area contributed by atoms with Crippen molar-refractivity contribution in [3.8, 4) is 17.2 Å². The van der Waals surface area contributed by atoms with Gasteiger partial charge in [0, 0.05) is 29.6 Å². The maximum absolute atomic E-state index is 12.8. The third kappa shape index (κ3) is 3.31. The summed E-state index contributed by atoms with van der Waals surface area (Å²) in [5.74, 6) is 0.503. The number of benzene rings is 2. The van der Waals surface area contributed by atoms with Crippen LogP contribution >= 0.6 is 11.6 Å². The van der Waals surface area contributed by atoms with E-state index < -0.39 is 5.79 Å². The van der Waals surface area contributed by atoms with Gasteiger partial charge in [-0.05, 0) is 50.1 Å². The van der Waals surface area contributed by atoms with Gasteiger partial charge in [-0.15, -0.1) is 5.10 Å². The van der Waals surface area contributed by atoms with E-state index in [9.17, 15) is 4.79 Å². The Labute approximate surface area is 172 Å². The predicted molar refractivity (Wildman–Crippen MR) is 108 cm³/mol. The van der Waals surface area contributed by atoms with Crippen LogP contribution in [0.1, 0.15) is 41.9 Å². The van der Waals surface area contributed by atoms with Gasteiger partial charge in [0.2, 0.25) is 0 Å². The van der Waals surface area contributed by atoms with Crippen LogP contribution in [0.25, 0.3) is 5.69 Å². The first-order valence-corrected chi connectivity index (χ1v) is 9.92. The number of nitrogens with zero attached hydrogens (tertiary/aromatic N) is 3. The molecule has 148 valence electrons. The Morgan fingerprint density at radius 1 is 1.10 bits per heavy atom. The highest BCUT2D eigenvalue weighted by Crippen LogP contribution is 2.47. The van der Waals surface area contributed by atoms with Crippen molar-refractivity contribution in [2.45, 2.75) is 38.4 Å². The van der Waals surface area contributed by atoms with Crippen molar-refractivity contribution >= 4 is 23.2 Å². The Morgan fingerprint density at radius 3 is 2.69 bits per heavy atom. The molecule has 1 aliphatic carbocycles. The van der Waals surface area contributed by atoms with Crippen molar-refractivity contribution in [1.82, 2.24) is 15.0 Å². The molecule has 2 aromatic carbocycles. The summed E-state index contributed by atoms with van der Waals surface area (Å²) in [5, 5.41) is 12.1. The number of fused-ring (bicyclic) bond motifs is 1. The van der Waals surface area contributed by atoms with E-state index in [0.717, 1.165) is 25.7 Å². The van der Waals surface area contributed by atoms with Gasteiger partial charge in [0.15, 0.2) is 17.2 Å². The first kappa shape index (κ1) is 18.0. The molecule has 0 radical (unpaired) electrons. The largest absolute Gasteiger partial charge is 0.448 e. The van der Waals surface area contributed by atoms with E-state index in [4.69, 9.17) is 21.1 Å². The normalized spacial score (nSPS) is 16.3. The van der Waals surface area contributed by atoms with Gasteiger partial charge in [-0.2, -0.15) is 9.90 Å². The van der Waals surface area contributed by atoms with E-state index in [0.29, 0.717) is 33.6 Å². The van der Waals surface area contributed by atoms with E-state index in [1.54, 1.807) is 37.3 Å². The van der Waals surface area contributed by atoms with E-state index in [-0.39, 0.29) is 11.6 Å². The number of hydrogen-bond acceptors (Lipinski definition) is 5. The molecule has 1 fully saturated rings. The smallest absolute Gasteiger partial charge is 0.278 e. The molecule has 8 heteroatoms. The third-order valence-electron chi connectivity index (χ3n) is 5.20. The molecule has 29 heavy (non-hydrogen) atoms. The third-order valence-corrected chi connectivity index (χ3v) is 5.43. The number of anilines is 1. The molecule has 2 heterocycles. The Hall–Kier alpha value is -3.06. The van der Waals surface area contributed by atoms with E-state index in [2.05, 4.69) is 15.5 Å². The molecule has 3 aromatic rings. The first-order valence-electron chi connectivity index (χ1n) is 9.55. The molecule has 1 aliphatic heterocycles. The van der Waals surface area contributed by atoms with Crippen molar-refractivity contribution in [3.63, 3.8) is 0 Å². The highest BCUT2D eigenvalue weighted by molar-refractivity contribution is 6.30. The zero-order valence-electron chi connectivity index (χ0n) is 15.8. The second-order valence-corrected chi connectivity index (χ2v) is 7.78. The predicted octanol–water partition coefficient (Wildman–Crippen LogP) is 4.52. The van der Waals surface area contributed by atoms with Gasteiger partial charge in [-0.3, -0.25) is 4.79 Å². The molecule has 0 atom stereocenters. The lowest BCUT2D eigenvalue weighted by Gasteiger charge is -2.21. The lowest BCUT2D eigenvalue weighted by Crippen LogP contribution is -2.34. The molecular weight excluding hydrogens is 392 g/mol. The van der Waals surface area contributed by atoms with Gasteiger partial charge >= 0.3 is 0 Å². The number of carbonyl (C=O) groups is 1. The minimum Gasteiger partial charge on any atom is -0.448 e. The topological polar surface area (TPSA) is 78.3 Å². The van der Waals surface area contributed by atoms with E-state index >= 15 is 0 Å². The maximum atomic E-state index is 12.8. The molecule has 1 aromatic heterocycles. The highest BCUT2D eigenvalue weighted by atomic mass is 35.5. The second-order valence-electron chi connectivity index (χ2n) is 7.34. The number of halogens is 1. The van der Waals surface area contributed by atoms with Gasteiger partial charge in [-0.25, -0.2) is 0 Å². The maximum Gasteiger partial charge on any atom is 0.278 e. The summed E-state index contributed by atoms with van der Waals surface area (Å²) in [4.78, 5) is 14.2. The monoisotopic (exact) mass is 410 g/mol. The van der Waals surface area contributed by atoms with Crippen LogP contribution in [0.3, 0.4) is 0 Å². The number of ether oxygens (including phenoxy) is 2. The SMILES string of the molecule is Cc1nn(-c2cccc(Cl)c2)nc1C(=O)Nc1ccc2c(c1)OC1(CCCC1)O2. The minimum absolute atomic E-state index is 0.245. The number of nitrogens with one attached hydrogen (secondary N) is 1. The summed E-state index contributed by atoms with van der Waals surface area (Å²) in [6, 6.07) is 12.5. The summed E-state index contributed by atoms with van der Waals surface area (Å²) in [6.07, 6.45) is 3.96. The van der Waals surface area contributed by atoms with Crippen LogP contribution in [0.15, 0.2) is 42.5 Å². The Balaban J connectivity index is 1.35. The molecule has 5 rings (SSSR count). The average Bonchev–Trinajstić information content (AvgIpc) is 3.40. The van der Waals surface area contributed by atoms with Crippen molar-refractivity contribution in [3.05, 3.63) is 58.9 Å². The molecule has 7 nitrogen and oxygen atoms in total. The highest BCUT2D eigenvalue weighted by Gasteiger charge is 2.44. The van der Waals surface area contributed by atoms with Crippen LogP contribution in [-0.2, 0) is 0 Å². The Kier molecular flexibility index (Phi) is 4.20. The first-order chi connectivity index (χ1) is 14.0. The van der Waals surface area contributed by atoms with Crippen molar-refractivity contribution in [1.29, 1.82) is 0 Å². The van der Waals surface area contributed by atoms with Gasteiger partial charge in [0.25, 0.3) is 11.7 Å². The fourth-order valence-electron chi connectivity index (χ4n) is 3.78. The standard InChI is InChI=1S/C21H19ClN4O3/c1-13-19(25-26(24-13)16-6-4-5-14(22)11-16)20(27)23-15-7-8-17-18(12-15)29-21(28-17)9-2-3-10-21/h4-8,11-12H,2-3,9-10H2,1H3,(H,23,27). The zero-order valence-corrected chi connectivity index (χ0v) is 16.6. The van der Waals surface area contributed by atoms with Gasteiger partial charge < -0.3 is 14.8 Å². The molecular formula is C21H19ClN4O3. The summed E-state index contributed by atoms with van der Waals surface area (Å²) < 4.78 is 12.1. The lowest BCUT2D eigenvalue weighted by molar-refractivity contribution is -0.0716. The van der Waals surface area contributed by atoms with Crippen LogP contribution in [0.5, 0.6) is 11.5 Å². The van der Waals surface area contributed by atoms with E-state index in [1.165, 1.54) is 4.80 Å². The van der Waals surface area contributed by atoms with Crippen LogP contribution in [0, 0.1) is 6.92 Å². The van der Waals surface area contributed by atoms with Crippen LogP contribution in [-0.4, -0.2) is 26.7 Å². The number of hydrogen-bond donors (Lipinski definition) is 1. The minimum atomic E-state index is -0.527. The molecule has 1 amide bonds. The summed E-state index contributed by atoms with van der Waals surface area (Å²) in [7, 11) is 0. The number of aryl methyl sites for hydroxylation is 1. The van der Waals surface area contributed by atoms with Crippen molar-refractivity contribution < 1.29 is 14.3 Å². The van der Waals surface area contributed by atoms with Crippen LogP contribution in [0.2, 0.25) is 5.02 Å². The fourth-order valence-corrected chi connectivity index (χ4v) is 3.97. The molecule has 0 unspecified atom stereocenters. The second kappa shape index (κ2) is 6.77. The molecule has 1 spiro atoms. The van der Waals surface area contributed by atoms with Crippen molar-refractivity contribution in [2.75, 3.05) is 5.32 Å². The number of rotatable bonds is 3. The van der Waals surface area contributed by atoms with Crippen LogP contribution in [0.4, 0.5) is 5.69 Å². The Morgan fingerprint density at radius 2 is 1.90 bits per heavy atom. The average molecular weight is 411 g/mol. The van der Waals surface area contributed by atoms with Gasteiger partial charge in [-0.1, -0.05) is 17.7 Å². The summed E-state index contributed by atoms with van der Waals surface area (Å²) >= 11 is 6.03. The molecule has 1 N–H and O–H groups in total. The van der Waals surface area contributed by atoms with Gasteiger partial charge in [0.1, 0.15) is 0 Å². The Bertz CT molecular complexity index is 1110. The van der Waals surface area contributed by atoms with Crippen molar-refractivity contribution in [2.24, 2.45) is 0 Å². The molecule has 2 aliphatic rings. The lowest BCUT2D eigenvalue weighted by atomic mass is 10.2. The quantitative estimate of drug-likeness (QED) is 0.686.